The summed E-state index contributed by atoms with van der Waals surface area (Å²) in [5.74, 6) is 0.682. The number of carbonyl (C=O) groups excluding carboxylic acids is 1. The van der Waals surface area contributed by atoms with Crippen molar-refractivity contribution in [1.29, 1.82) is 0 Å². The highest BCUT2D eigenvalue weighted by Gasteiger charge is 2.14. The molecule has 0 atom stereocenters. The Morgan fingerprint density at radius 3 is 2.48 bits per heavy atom. The van der Waals surface area contributed by atoms with Gasteiger partial charge >= 0.3 is 0 Å². The molecular weight excluding hydrogens is 364 g/mol. The molecular formula is C23H26N4O2. The van der Waals surface area contributed by atoms with Gasteiger partial charge in [-0.1, -0.05) is 31.2 Å². The van der Waals surface area contributed by atoms with Crippen molar-refractivity contribution in [2.24, 2.45) is 0 Å². The number of hydrogen-bond acceptors (Lipinski definition) is 5. The molecule has 6 nitrogen and oxygen atoms in total. The number of hydrogen-bond donors (Lipinski definition) is 2. The molecule has 0 saturated heterocycles. The fraction of sp³-hybridized carbons (Fsp3) is 0.261. The number of nitrogens with zero attached hydrogens (tertiary/aromatic N) is 2. The van der Waals surface area contributed by atoms with Crippen LogP contribution in [0.25, 0.3) is 0 Å². The van der Waals surface area contributed by atoms with E-state index >= 15 is 0 Å². The number of benzene rings is 2. The number of rotatable bonds is 7. The molecule has 0 aliphatic carbocycles. The summed E-state index contributed by atoms with van der Waals surface area (Å²) in [6, 6.07) is 17.1. The second-order valence-corrected chi connectivity index (χ2v) is 7.01. The monoisotopic (exact) mass is 390 g/mol. The van der Waals surface area contributed by atoms with Crippen LogP contribution < -0.4 is 15.4 Å². The lowest BCUT2D eigenvalue weighted by Crippen LogP contribution is -2.17. The molecule has 0 radical (unpaired) electrons. The van der Waals surface area contributed by atoms with E-state index in [-0.39, 0.29) is 17.7 Å². The van der Waals surface area contributed by atoms with Gasteiger partial charge in [-0.2, -0.15) is 0 Å². The third-order valence-corrected chi connectivity index (χ3v) is 4.20. The van der Waals surface area contributed by atoms with Gasteiger partial charge in [0.1, 0.15) is 11.4 Å². The Bertz CT molecular complexity index is 984. The maximum absolute atomic E-state index is 12.8. The molecule has 1 amide bonds. The van der Waals surface area contributed by atoms with Gasteiger partial charge in [0.05, 0.1) is 11.8 Å². The molecule has 0 unspecified atom stereocenters. The first-order valence-corrected chi connectivity index (χ1v) is 9.73. The smallest absolute Gasteiger partial charge is 0.274 e. The van der Waals surface area contributed by atoms with Gasteiger partial charge in [0, 0.05) is 11.4 Å². The summed E-state index contributed by atoms with van der Waals surface area (Å²) in [6.07, 6.45) is 0.984. The van der Waals surface area contributed by atoms with Gasteiger partial charge in [-0.25, -0.2) is 9.97 Å². The van der Waals surface area contributed by atoms with Crippen molar-refractivity contribution >= 4 is 23.2 Å². The SMILES string of the molecule is CCc1ccc(Nc2nc(C)cc(C(=O)Nc3ccccc3OC(C)C)n2)cc1. The molecule has 0 aliphatic heterocycles. The molecule has 3 aromatic rings. The highest BCUT2D eigenvalue weighted by Crippen LogP contribution is 2.25. The summed E-state index contributed by atoms with van der Waals surface area (Å²) in [7, 11) is 0. The minimum atomic E-state index is -0.320. The molecule has 3 rings (SSSR count). The van der Waals surface area contributed by atoms with Gasteiger partial charge in [0.2, 0.25) is 5.95 Å². The Labute approximate surface area is 171 Å². The van der Waals surface area contributed by atoms with E-state index in [2.05, 4.69) is 39.7 Å². The third-order valence-electron chi connectivity index (χ3n) is 4.20. The van der Waals surface area contributed by atoms with Crippen molar-refractivity contribution in [3.63, 3.8) is 0 Å². The van der Waals surface area contributed by atoms with Gasteiger partial charge in [-0.15, -0.1) is 0 Å². The van der Waals surface area contributed by atoms with Crippen molar-refractivity contribution in [3.05, 3.63) is 71.5 Å². The standard InChI is InChI=1S/C23H26N4O2/c1-5-17-10-12-18(13-11-17)25-23-24-16(4)14-20(27-23)22(28)26-19-8-6-7-9-21(19)29-15(2)3/h6-15H,5H2,1-4H3,(H,26,28)(H,24,25,27). The topological polar surface area (TPSA) is 76.1 Å². The Balaban J connectivity index is 1.79. The van der Waals surface area contributed by atoms with Gasteiger partial charge in [-0.3, -0.25) is 4.79 Å². The van der Waals surface area contributed by atoms with E-state index in [4.69, 9.17) is 4.74 Å². The molecule has 0 aliphatic rings. The largest absolute Gasteiger partial charge is 0.489 e. The van der Waals surface area contributed by atoms with Crippen LogP contribution in [0, 0.1) is 6.92 Å². The predicted octanol–water partition coefficient (Wildman–Crippen LogP) is 5.13. The maximum Gasteiger partial charge on any atom is 0.274 e. The summed E-state index contributed by atoms with van der Waals surface area (Å²) < 4.78 is 5.77. The van der Waals surface area contributed by atoms with E-state index in [1.165, 1.54) is 5.56 Å². The molecule has 0 saturated carbocycles. The van der Waals surface area contributed by atoms with Gasteiger partial charge in [0.25, 0.3) is 5.91 Å². The quantitative estimate of drug-likeness (QED) is 0.585. The maximum atomic E-state index is 12.8. The molecule has 6 heteroatoms. The first-order valence-electron chi connectivity index (χ1n) is 9.73. The van der Waals surface area contributed by atoms with Crippen LogP contribution in [-0.4, -0.2) is 22.0 Å². The average Bonchev–Trinajstić information content (AvgIpc) is 2.69. The minimum absolute atomic E-state index is 0.00393. The number of carbonyl (C=O) groups is 1. The Morgan fingerprint density at radius 2 is 1.79 bits per heavy atom. The summed E-state index contributed by atoms with van der Waals surface area (Å²) >= 11 is 0. The highest BCUT2D eigenvalue weighted by molar-refractivity contribution is 6.03. The van der Waals surface area contributed by atoms with Crippen molar-refractivity contribution < 1.29 is 9.53 Å². The molecule has 0 fully saturated rings. The zero-order valence-electron chi connectivity index (χ0n) is 17.2. The number of para-hydroxylation sites is 2. The van der Waals surface area contributed by atoms with Gasteiger partial charge in [0.15, 0.2) is 0 Å². The van der Waals surface area contributed by atoms with Gasteiger partial charge in [-0.05, 0) is 63.1 Å². The number of amides is 1. The van der Waals surface area contributed by atoms with E-state index in [0.717, 1.165) is 12.1 Å². The Hall–Kier alpha value is -3.41. The van der Waals surface area contributed by atoms with Crippen LogP contribution >= 0.6 is 0 Å². The lowest BCUT2D eigenvalue weighted by molar-refractivity contribution is 0.102. The van der Waals surface area contributed by atoms with E-state index < -0.39 is 0 Å². The second-order valence-electron chi connectivity index (χ2n) is 7.01. The van der Waals surface area contributed by atoms with Crippen molar-refractivity contribution in [1.82, 2.24) is 9.97 Å². The Morgan fingerprint density at radius 1 is 1.07 bits per heavy atom. The van der Waals surface area contributed by atoms with Crippen molar-refractivity contribution in [2.75, 3.05) is 10.6 Å². The number of nitrogens with one attached hydrogen (secondary N) is 2. The van der Waals surface area contributed by atoms with Crippen molar-refractivity contribution in [2.45, 2.75) is 40.2 Å². The number of aromatic nitrogens is 2. The molecule has 29 heavy (non-hydrogen) atoms. The first-order chi connectivity index (χ1) is 13.9. The predicted molar refractivity (Wildman–Crippen MR) is 116 cm³/mol. The zero-order chi connectivity index (χ0) is 20.8. The minimum Gasteiger partial charge on any atom is -0.489 e. The van der Waals surface area contributed by atoms with E-state index in [1.54, 1.807) is 12.1 Å². The fourth-order valence-corrected chi connectivity index (χ4v) is 2.81. The van der Waals surface area contributed by atoms with E-state index in [9.17, 15) is 4.79 Å². The number of ether oxygens (including phenoxy) is 1. The average molecular weight is 390 g/mol. The summed E-state index contributed by atoms with van der Waals surface area (Å²) in [6.45, 7) is 7.83. The lowest BCUT2D eigenvalue weighted by Gasteiger charge is -2.15. The van der Waals surface area contributed by atoms with Crippen LogP contribution in [0.3, 0.4) is 0 Å². The molecule has 1 aromatic heterocycles. The molecule has 2 aromatic carbocycles. The molecule has 2 N–H and O–H groups in total. The van der Waals surface area contributed by atoms with Gasteiger partial charge < -0.3 is 15.4 Å². The summed E-state index contributed by atoms with van der Waals surface area (Å²) in [5, 5.41) is 6.05. The fourth-order valence-electron chi connectivity index (χ4n) is 2.81. The van der Waals surface area contributed by atoms with E-state index in [0.29, 0.717) is 23.1 Å². The van der Waals surface area contributed by atoms with Crippen LogP contribution in [0.15, 0.2) is 54.6 Å². The van der Waals surface area contributed by atoms with Crippen LogP contribution in [0.4, 0.5) is 17.3 Å². The van der Waals surface area contributed by atoms with Crippen molar-refractivity contribution in [3.8, 4) is 5.75 Å². The second kappa shape index (κ2) is 9.19. The molecule has 0 bridgehead atoms. The highest BCUT2D eigenvalue weighted by atomic mass is 16.5. The third kappa shape index (κ3) is 5.54. The first kappa shape index (κ1) is 20.3. The van der Waals surface area contributed by atoms with Crippen LogP contribution in [0.5, 0.6) is 5.75 Å². The van der Waals surface area contributed by atoms with Crippen LogP contribution in [0.1, 0.15) is 42.5 Å². The lowest BCUT2D eigenvalue weighted by atomic mass is 10.1. The molecule has 0 spiro atoms. The number of anilines is 3. The van der Waals surface area contributed by atoms with Crippen LogP contribution in [-0.2, 0) is 6.42 Å². The normalized spacial score (nSPS) is 10.7. The zero-order valence-corrected chi connectivity index (χ0v) is 17.2. The number of aryl methyl sites for hydroxylation is 2. The van der Waals surface area contributed by atoms with E-state index in [1.807, 2.05) is 51.1 Å². The molecule has 1 heterocycles. The summed E-state index contributed by atoms with van der Waals surface area (Å²) in [4.78, 5) is 21.6. The molecule has 150 valence electrons. The Kier molecular flexibility index (Phi) is 6.44. The summed E-state index contributed by atoms with van der Waals surface area (Å²) in [5.41, 5.74) is 3.71. The van der Waals surface area contributed by atoms with Crippen LogP contribution in [0.2, 0.25) is 0 Å².